The molecule has 1 fully saturated rings. The van der Waals surface area contributed by atoms with E-state index < -0.39 is 0 Å². The Bertz CT molecular complexity index is 971. The van der Waals surface area contributed by atoms with Crippen LogP contribution in [-0.2, 0) is 11.2 Å². The lowest BCUT2D eigenvalue weighted by molar-refractivity contribution is -0.115. The summed E-state index contributed by atoms with van der Waals surface area (Å²) in [7, 11) is 1.88. The van der Waals surface area contributed by atoms with Gasteiger partial charge < -0.3 is 19.7 Å². The number of benzene rings is 2. The van der Waals surface area contributed by atoms with Crippen LogP contribution < -0.4 is 14.8 Å². The lowest BCUT2D eigenvalue weighted by Crippen LogP contribution is -2.38. The van der Waals surface area contributed by atoms with Gasteiger partial charge in [0.2, 0.25) is 5.91 Å². The first-order valence-electron chi connectivity index (χ1n) is 11.3. The zero-order valence-corrected chi connectivity index (χ0v) is 19.1. The van der Waals surface area contributed by atoms with Crippen LogP contribution in [0.1, 0.15) is 54.4 Å². The molecule has 0 unspecified atom stereocenters. The molecular formula is C25H29ClN2O4. The van der Waals surface area contributed by atoms with Gasteiger partial charge in [-0.05, 0) is 54.8 Å². The molecule has 2 amide bonds. The number of carbonyl (C=O) groups excluding carboxylic acids is 2. The number of fused-ring (bicyclic) bond motifs is 1. The zero-order chi connectivity index (χ0) is 22.5. The van der Waals surface area contributed by atoms with Crippen molar-refractivity contribution < 1.29 is 19.1 Å². The summed E-state index contributed by atoms with van der Waals surface area (Å²) in [6.07, 6.45) is 6.70. The Kier molecular flexibility index (Phi) is 7.20. The van der Waals surface area contributed by atoms with Crippen molar-refractivity contribution in [2.45, 2.75) is 51.0 Å². The molecule has 2 aliphatic rings. The van der Waals surface area contributed by atoms with Crippen LogP contribution in [0.15, 0.2) is 36.4 Å². The number of hydrogen-bond donors (Lipinski definition) is 1. The second-order valence-electron chi connectivity index (χ2n) is 8.47. The Hall–Kier alpha value is -2.73. The van der Waals surface area contributed by atoms with Crippen molar-refractivity contribution in [3.05, 3.63) is 52.5 Å². The quantitative estimate of drug-likeness (QED) is 0.680. The minimum Gasteiger partial charge on any atom is -0.489 e. The van der Waals surface area contributed by atoms with E-state index in [0.717, 1.165) is 24.8 Å². The molecular weight excluding hydrogens is 428 g/mol. The van der Waals surface area contributed by atoms with Gasteiger partial charge in [0.15, 0.2) is 11.5 Å². The monoisotopic (exact) mass is 456 g/mol. The Labute approximate surface area is 193 Å². The topological polar surface area (TPSA) is 67.9 Å². The van der Waals surface area contributed by atoms with Crippen LogP contribution in [-0.4, -0.2) is 43.0 Å². The number of ether oxygens (including phenoxy) is 2. The van der Waals surface area contributed by atoms with Crippen molar-refractivity contribution in [2.24, 2.45) is 0 Å². The fourth-order valence-electron chi connectivity index (χ4n) is 4.31. The Balaban J connectivity index is 1.36. The first-order chi connectivity index (χ1) is 15.5. The molecule has 0 atom stereocenters. The Morgan fingerprint density at radius 3 is 2.50 bits per heavy atom. The van der Waals surface area contributed by atoms with E-state index in [2.05, 4.69) is 5.32 Å². The smallest absolute Gasteiger partial charge is 0.253 e. The van der Waals surface area contributed by atoms with Crippen molar-refractivity contribution in [3.8, 4) is 11.5 Å². The van der Waals surface area contributed by atoms with Crippen LogP contribution in [0, 0.1) is 0 Å². The van der Waals surface area contributed by atoms with Crippen LogP contribution in [0.3, 0.4) is 0 Å². The highest BCUT2D eigenvalue weighted by molar-refractivity contribution is 6.32. The Morgan fingerprint density at radius 1 is 1.03 bits per heavy atom. The second-order valence-corrected chi connectivity index (χ2v) is 8.87. The molecule has 1 aliphatic heterocycles. The molecule has 0 bridgehead atoms. The van der Waals surface area contributed by atoms with Crippen molar-refractivity contribution in [2.75, 3.05) is 25.6 Å². The molecule has 1 N–H and O–H groups in total. The van der Waals surface area contributed by atoms with Crippen LogP contribution in [0.2, 0.25) is 5.02 Å². The molecule has 170 valence electrons. The maximum absolute atomic E-state index is 12.8. The maximum Gasteiger partial charge on any atom is 0.253 e. The fourth-order valence-corrected chi connectivity index (χ4v) is 4.60. The highest BCUT2D eigenvalue weighted by atomic mass is 35.5. The van der Waals surface area contributed by atoms with E-state index in [4.69, 9.17) is 21.1 Å². The molecule has 0 aromatic heterocycles. The number of carbonyl (C=O) groups is 2. The van der Waals surface area contributed by atoms with E-state index in [9.17, 15) is 9.59 Å². The van der Waals surface area contributed by atoms with E-state index in [0.29, 0.717) is 47.0 Å². The van der Waals surface area contributed by atoms with Gasteiger partial charge in [-0.25, -0.2) is 0 Å². The molecule has 2 aromatic rings. The summed E-state index contributed by atoms with van der Waals surface area (Å²) >= 11 is 6.32. The Morgan fingerprint density at radius 2 is 1.75 bits per heavy atom. The number of amides is 2. The predicted molar refractivity (Wildman–Crippen MR) is 125 cm³/mol. The highest BCUT2D eigenvalue weighted by Gasteiger charge is 2.23. The van der Waals surface area contributed by atoms with Crippen LogP contribution in [0.4, 0.5) is 5.69 Å². The van der Waals surface area contributed by atoms with Gasteiger partial charge in [-0.3, -0.25) is 9.59 Å². The molecule has 0 radical (unpaired) electrons. The van der Waals surface area contributed by atoms with E-state index in [1.807, 2.05) is 11.9 Å². The van der Waals surface area contributed by atoms with Crippen LogP contribution >= 0.6 is 11.6 Å². The number of nitrogens with zero attached hydrogens (tertiary/aromatic N) is 1. The third kappa shape index (κ3) is 5.36. The normalized spacial score (nSPS) is 16.2. The van der Waals surface area contributed by atoms with Crippen molar-refractivity contribution >= 4 is 29.1 Å². The van der Waals surface area contributed by atoms with E-state index in [1.165, 1.54) is 19.3 Å². The lowest BCUT2D eigenvalue weighted by Gasteiger charge is -2.31. The summed E-state index contributed by atoms with van der Waals surface area (Å²) in [5.74, 6) is 0.958. The van der Waals surface area contributed by atoms with Crippen molar-refractivity contribution in [1.29, 1.82) is 0 Å². The van der Waals surface area contributed by atoms with Crippen molar-refractivity contribution in [3.63, 3.8) is 0 Å². The van der Waals surface area contributed by atoms with Gasteiger partial charge in [-0.1, -0.05) is 30.9 Å². The zero-order valence-electron chi connectivity index (χ0n) is 18.4. The summed E-state index contributed by atoms with van der Waals surface area (Å²) in [4.78, 5) is 27.2. The summed E-state index contributed by atoms with van der Waals surface area (Å²) in [5, 5.41) is 3.32. The van der Waals surface area contributed by atoms with Crippen LogP contribution in [0.25, 0.3) is 0 Å². The first-order valence-corrected chi connectivity index (χ1v) is 11.6. The van der Waals surface area contributed by atoms with E-state index >= 15 is 0 Å². The molecule has 4 rings (SSSR count). The number of hydrogen-bond acceptors (Lipinski definition) is 4. The molecule has 1 aliphatic carbocycles. The average molecular weight is 457 g/mol. The molecule has 1 saturated carbocycles. The molecule has 32 heavy (non-hydrogen) atoms. The van der Waals surface area contributed by atoms with Gasteiger partial charge in [-0.2, -0.15) is 0 Å². The molecule has 0 spiro atoms. The minimum atomic E-state index is -0.172. The number of rotatable bonds is 5. The predicted octanol–water partition coefficient (Wildman–Crippen LogP) is 5.09. The highest BCUT2D eigenvalue weighted by Crippen LogP contribution is 2.38. The number of anilines is 1. The third-order valence-electron chi connectivity index (χ3n) is 6.09. The van der Waals surface area contributed by atoms with Gasteiger partial charge in [0.25, 0.3) is 5.91 Å². The van der Waals surface area contributed by atoms with Gasteiger partial charge >= 0.3 is 0 Å². The average Bonchev–Trinajstić information content (AvgIpc) is 3.05. The van der Waals surface area contributed by atoms with Gasteiger partial charge in [0.1, 0.15) is 0 Å². The van der Waals surface area contributed by atoms with Gasteiger partial charge in [0.05, 0.1) is 24.7 Å². The standard InChI is InChI=1S/C25H29ClN2O4/c1-28(20-6-3-2-4-7-20)25(30)18-8-10-19(11-9-18)27-23(29)16-17-14-21(26)24-22(15-17)31-12-5-13-32-24/h8-11,14-15,20H,2-7,12-13,16H2,1H3,(H,27,29). The molecule has 1 heterocycles. The van der Waals surface area contributed by atoms with E-state index in [1.54, 1.807) is 36.4 Å². The maximum atomic E-state index is 12.8. The molecule has 2 aromatic carbocycles. The summed E-state index contributed by atoms with van der Waals surface area (Å²) in [6.45, 7) is 1.11. The lowest BCUT2D eigenvalue weighted by atomic mass is 9.94. The third-order valence-corrected chi connectivity index (χ3v) is 6.37. The largest absolute Gasteiger partial charge is 0.489 e. The second kappa shape index (κ2) is 10.3. The summed E-state index contributed by atoms with van der Waals surface area (Å²) in [5.41, 5.74) is 2.02. The minimum absolute atomic E-state index is 0.0246. The molecule has 7 heteroatoms. The SMILES string of the molecule is CN(C(=O)c1ccc(NC(=O)Cc2cc(Cl)c3c(c2)OCCCO3)cc1)C1CCCCC1. The van der Waals surface area contributed by atoms with Gasteiger partial charge in [-0.15, -0.1) is 0 Å². The summed E-state index contributed by atoms with van der Waals surface area (Å²) in [6, 6.07) is 10.9. The van der Waals surface area contributed by atoms with Gasteiger partial charge in [0, 0.05) is 30.8 Å². The molecule has 0 saturated heterocycles. The van der Waals surface area contributed by atoms with Crippen LogP contribution in [0.5, 0.6) is 11.5 Å². The van der Waals surface area contributed by atoms with E-state index in [-0.39, 0.29) is 18.2 Å². The number of halogens is 1. The van der Waals surface area contributed by atoms with Crippen molar-refractivity contribution in [1.82, 2.24) is 4.90 Å². The summed E-state index contributed by atoms with van der Waals surface area (Å²) < 4.78 is 11.3. The first kappa shape index (κ1) is 22.5. The number of nitrogens with one attached hydrogen (secondary N) is 1. The fraction of sp³-hybridized carbons (Fsp3) is 0.440. The molecule has 6 nitrogen and oxygen atoms in total.